The number of anilines is 2. The lowest BCUT2D eigenvalue weighted by molar-refractivity contribution is -0.145. The number of aliphatic hydroxyl groups is 10. The maximum atomic E-state index is 13.0. The number of nitrogens with zero attached hydrogens (tertiary/aromatic N) is 3. The Hall–Kier alpha value is -5.72. The number of aromatic nitrogens is 2. The second kappa shape index (κ2) is 32.7. The number of ether oxygens (including phenoxy) is 1. The Kier molecular flexibility index (Phi) is 27.7. The van der Waals surface area contributed by atoms with Gasteiger partial charge in [0.25, 0.3) is 5.91 Å². The van der Waals surface area contributed by atoms with E-state index in [0.717, 1.165) is 41.5 Å². The minimum Gasteiger partial charge on any atom is -0.467 e. The fourth-order valence-electron chi connectivity index (χ4n) is 7.53. The predicted octanol–water partition coefficient (Wildman–Crippen LogP) is -3.99. The average Bonchev–Trinajstić information content (AvgIpc) is 3.40. The lowest BCUT2D eigenvalue weighted by atomic mass is 9.99. The summed E-state index contributed by atoms with van der Waals surface area (Å²) < 4.78 is 4.90. The number of esters is 1. The number of nitrogens with two attached hydrogens (primary N) is 3. The molecule has 1 aromatic heterocycles. The second-order valence-electron chi connectivity index (χ2n) is 17.9. The van der Waals surface area contributed by atoms with Crippen LogP contribution in [0.2, 0.25) is 5.15 Å². The van der Waals surface area contributed by atoms with Crippen molar-refractivity contribution in [2.45, 2.75) is 119 Å². The Balaban J connectivity index is 1.39. The van der Waals surface area contributed by atoms with E-state index in [-0.39, 0.29) is 66.7 Å². The van der Waals surface area contributed by atoms with Crippen LogP contribution in [0, 0.1) is 5.41 Å². The molecule has 0 unspecified atom stereocenters. The van der Waals surface area contributed by atoms with Crippen LogP contribution in [0.15, 0.2) is 48.5 Å². The van der Waals surface area contributed by atoms with Gasteiger partial charge in [-0.25, -0.2) is 14.8 Å². The number of aryl methyl sites for hydroxylation is 2. The summed E-state index contributed by atoms with van der Waals surface area (Å²) in [6.07, 6.45) is -11.4. The highest BCUT2D eigenvalue weighted by Crippen LogP contribution is 2.22. The van der Waals surface area contributed by atoms with Crippen LogP contribution < -0.4 is 38.5 Å². The Morgan fingerprint density at radius 3 is 1.73 bits per heavy atom. The number of amides is 3. The van der Waals surface area contributed by atoms with Crippen LogP contribution in [0.5, 0.6) is 0 Å². The van der Waals surface area contributed by atoms with Gasteiger partial charge in [-0.2, -0.15) is 0 Å². The van der Waals surface area contributed by atoms with Crippen molar-refractivity contribution in [1.29, 1.82) is 5.41 Å². The predicted molar refractivity (Wildman–Crippen MR) is 274 cm³/mol. The van der Waals surface area contributed by atoms with Gasteiger partial charge in [0.1, 0.15) is 42.7 Å². The van der Waals surface area contributed by atoms with Crippen molar-refractivity contribution < 1.29 is 75.0 Å². The Morgan fingerprint density at radius 2 is 1.20 bits per heavy atom. The van der Waals surface area contributed by atoms with Gasteiger partial charge in [0.2, 0.25) is 11.8 Å². The molecule has 0 bridgehead atoms. The molecule has 0 aliphatic rings. The number of aliphatic hydroxyl groups excluding tert-OH is 10. The number of unbranched alkanes of at least 4 members (excludes halogenated alkanes) is 2. The van der Waals surface area contributed by atoms with Crippen molar-refractivity contribution in [2.24, 2.45) is 5.73 Å². The second-order valence-corrected chi connectivity index (χ2v) is 18.3. The maximum Gasteiger partial charge on any atom is 0.328 e. The Bertz CT molecular complexity index is 2230. The quantitative estimate of drug-likeness (QED) is 0.0120. The number of nitrogens with one attached hydrogen (secondary N) is 5. The highest BCUT2D eigenvalue weighted by atomic mass is 35.5. The van der Waals surface area contributed by atoms with Crippen molar-refractivity contribution >= 4 is 52.9 Å². The summed E-state index contributed by atoms with van der Waals surface area (Å²) in [5, 5.41) is 118. The first-order chi connectivity index (χ1) is 35.6. The number of hydrogen-bond acceptors (Lipinski definition) is 22. The van der Waals surface area contributed by atoms with Gasteiger partial charge in [0.15, 0.2) is 28.4 Å². The number of benzene rings is 2. The molecule has 10 atom stereocenters. The zero-order valence-corrected chi connectivity index (χ0v) is 42.4. The largest absolute Gasteiger partial charge is 0.467 e. The molecule has 3 aromatic rings. The normalized spacial score (nSPS) is 15.5. The monoisotopic (exact) mass is 1080 g/mol. The van der Waals surface area contributed by atoms with Crippen molar-refractivity contribution in [2.75, 3.05) is 64.5 Å². The van der Waals surface area contributed by atoms with Crippen LogP contribution in [-0.2, 0) is 32.0 Å². The fourth-order valence-corrected chi connectivity index (χ4v) is 7.66. The smallest absolute Gasteiger partial charge is 0.328 e. The first-order valence-corrected chi connectivity index (χ1v) is 24.7. The van der Waals surface area contributed by atoms with Crippen LogP contribution in [0.3, 0.4) is 0 Å². The molecule has 21 N–H and O–H groups in total. The molecule has 3 rings (SSSR count). The van der Waals surface area contributed by atoms with Crippen LogP contribution >= 0.6 is 11.6 Å². The van der Waals surface area contributed by atoms with Gasteiger partial charge in [-0.3, -0.25) is 30.0 Å². The standard InChI is InChI=1S/C48H74ClN11O15/c1-75-47(74)31(7-3-5-19-54-45(72)30(50)18-21-60(22-32(63)38(68)40(70)34(65)24-61)23-33(64)39(69)41(71)35(66)25-62)56-36(67)17-12-27-10-15-29(16-11-27)28-13-8-26(9-14-28)6-2-4-20-55-48(53)59-46(73)37-43(51)58-44(52)42(49)57-37/h8-11,13-16,30-35,38-41,61-66,68-71H,2-7,12,17-25,50H2,1H3,(H,54,72)(H,56,67)(H4,51,52,58)(H3,53,55,59,73)/t30-,31-,32-,33-,34+,35+,38+,39+,40+,41+/m0/s1. The Morgan fingerprint density at radius 1 is 0.693 bits per heavy atom. The molecule has 0 radical (unpaired) electrons. The van der Waals surface area contributed by atoms with Crippen molar-refractivity contribution in [1.82, 2.24) is 36.1 Å². The van der Waals surface area contributed by atoms with Crippen molar-refractivity contribution in [3.05, 3.63) is 70.5 Å². The molecule has 0 saturated heterocycles. The maximum absolute atomic E-state index is 13.0. The summed E-state index contributed by atoms with van der Waals surface area (Å²) in [5.74, 6) is -2.86. The molecule has 75 heavy (non-hydrogen) atoms. The average molecular weight is 1080 g/mol. The van der Waals surface area contributed by atoms with E-state index in [1.165, 1.54) is 12.0 Å². The highest BCUT2D eigenvalue weighted by molar-refractivity contribution is 6.31. The van der Waals surface area contributed by atoms with E-state index in [2.05, 4.69) is 31.2 Å². The number of halogens is 1. The molecule has 3 amide bonds. The van der Waals surface area contributed by atoms with Gasteiger partial charge < -0.3 is 89.0 Å². The molecular weight excluding hydrogens is 1010 g/mol. The van der Waals surface area contributed by atoms with Gasteiger partial charge in [-0.15, -0.1) is 0 Å². The van der Waals surface area contributed by atoms with E-state index < -0.39 is 105 Å². The summed E-state index contributed by atoms with van der Waals surface area (Å²) in [4.78, 5) is 59.6. The third-order valence-corrected chi connectivity index (χ3v) is 12.4. The van der Waals surface area contributed by atoms with E-state index in [1.54, 1.807) is 0 Å². The first-order valence-electron chi connectivity index (χ1n) is 24.3. The van der Waals surface area contributed by atoms with Gasteiger partial charge >= 0.3 is 5.97 Å². The van der Waals surface area contributed by atoms with Crippen molar-refractivity contribution in [3.8, 4) is 11.1 Å². The van der Waals surface area contributed by atoms with E-state index in [4.69, 9.17) is 49.2 Å². The zero-order chi connectivity index (χ0) is 55.8. The highest BCUT2D eigenvalue weighted by Gasteiger charge is 2.35. The topological polar surface area (TPSA) is 459 Å². The van der Waals surface area contributed by atoms with E-state index in [9.17, 15) is 60.0 Å². The fraction of sp³-hybridized carbons (Fsp3) is 0.562. The number of carbonyl (C=O) groups excluding carboxylic acids is 4. The zero-order valence-electron chi connectivity index (χ0n) is 41.7. The molecule has 0 aliphatic carbocycles. The number of methoxy groups -OCH3 is 1. The Labute approximate surface area is 438 Å². The molecule has 0 aliphatic heterocycles. The molecule has 1 heterocycles. The van der Waals surface area contributed by atoms with Crippen LogP contribution in [0.1, 0.15) is 66.6 Å². The minimum atomic E-state index is -1.98. The number of rotatable bonds is 33. The lowest BCUT2D eigenvalue weighted by Crippen LogP contribution is -2.54. The molecule has 0 fully saturated rings. The lowest BCUT2D eigenvalue weighted by Gasteiger charge is -2.33. The van der Waals surface area contributed by atoms with E-state index >= 15 is 0 Å². The molecule has 418 valence electrons. The summed E-state index contributed by atoms with van der Waals surface area (Å²) in [5.41, 5.74) is 21.1. The number of guanidine groups is 1. The van der Waals surface area contributed by atoms with E-state index in [0.29, 0.717) is 25.8 Å². The number of nitrogen functional groups attached to an aromatic ring is 2. The van der Waals surface area contributed by atoms with Gasteiger partial charge in [0.05, 0.1) is 38.6 Å². The van der Waals surface area contributed by atoms with Crippen LogP contribution in [0.25, 0.3) is 11.1 Å². The number of hydrogen-bond donors (Lipinski definition) is 18. The molecule has 0 spiro atoms. The summed E-state index contributed by atoms with van der Waals surface area (Å²) >= 11 is 5.83. The minimum absolute atomic E-state index is 0.101. The van der Waals surface area contributed by atoms with Gasteiger partial charge in [-0.05, 0) is 73.6 Å². The molecular formula is C48H74ClN11O15. The third-order valence-electron chi connectivity index (χ3n) is 12.1. The van der Waals surface area contributed by atoms with Gasteiger partial charge in [0, 0.05) is 39.1 Å². The van der Waals surface area contributed by atoms with Crippen LogP contribution in [-0.4, -0.2) is 210 Å². The van der Waals surface area contributed by atoms with E-state index in [1.807, 2.05) is 48.5 Å². The molecule has 0 saturated carbocycles. The molecule has 2 aromatic carbocycles. The summed E-state index contributed by atoms with van der Waals surface area (Å²) in [6, 6.07) is 13.8. The molecule has 27 heteroatoms. The van der Waals surface area contributed by atoms with Crippen molar-refractivity contribution in [3.63, 3.8) is 0 Å². The molecule has 26 nitrogen and oxygen atoms in total. The van der Waals surface area contributed by atoms with Crippen LogP contribution in [0.4, 0.5) is 11.6 Å². The first kappa shape index (κ1) is 63.6. The summed E-state index contributed by atoms with van der Waals surface area (Å²) in [6.45, 7) is -2.49. The third kappa shape index (κ3) is 21.4. The SMILES string of the molecule is COC(=O)[C@H](CCCCNC(=O)[C@@H](N)CCN(C[C@H](O)[C@@H](O)[C@H](O)[C@H](O)CO)C[C@H](O)[C@@H](O)[C@H](O)[C@H](O)CO)NC(=O)CCc1ccc(-c2ccc(CCCCNC(=N)NC(=O)c3nc(Cl)c(N)nc3N)cc2)cc1. The number of carbonyl (C=O) groups is 4. The summed E-state index contributed by atoms with van der Waals surface area (Å²) in [7, 11) is 1.21. The van der Waals surface area contributed by atoms with Gasteiger partial charge in [-0.1, -0.05) is 60.1 Å².